The molecule has 18 N–H and O–H groups in total. The van der Waals surface area contributed by atoms with E-state index in [1.54, 1.807) is 26.3 Å². The number of nitrogens with one attached hydrogen (secondary N) is 3. The fourth-order valence-corrected chi connectivity index (χ4v) is 7.25. The van der Waals surface area contributed by atoms with Crippen LogP contribution in [0.1, 0.15) is 85.5 Å². The number of hydrogen-bond acceptors (Lipinski definition) is 18. The van der Waals surface area contributed by atoms with Gasteiger partial charge in [0.25, 0.3) is 0 Å². The van der Waals surface area contributed by atoms with Gasteiger partial charge >= 0.3 is 29.5 Å². The maximum Gasteiger partial charge on any atom is 0.492 e. The topological polar surface area (TPSA) is 414 Å². The van der Waals surface area contributed by atoms with Crippen LogP contribution in [-0.2, 0) is 33.4 Å². The zero-order valence-electron chi connectivity index (χ0n) is 35.1. The van der Waals surface area contributed by atoms with Crippen LogP contribution in [0.3, 0.4) is 0 Å². The number of primary amides is 2. The van der Waals surface area contributed by atoms with Crippen LogP contribution in [0.2, 0.25) is 12.1 Å². The molecule has 60 heavy (non-hydrogen) atoms. The molecular formula is C35H73N5O18Si2. The summed E-state index contributed by atoms with van der Waals surface area (Å²) in [7, 11) is -8.16. The maximum absolute atomic E-state index is 12.0. The van der Waals surface area contributed by atoms with Crippen molar-refractivity contribution >= 4 is 47.3 Å². The van der Waals surface area contributed by atoms with Crippen LogP contribution >= 0.6 is 0 Å². The number of carboxylic acid groups (broad SMARTS) is 2. The van der Waals surface area contributed by atoms with Gasteiger partial charge in [0.2, 0.25) is 17.7 Å². The van der Waals surface area contributed by atoms with Crippen molar-refractivity contribution in [2.45, 2.75) is 122 Å². The van der Waals surface area contributed by atoms with Gasteiger partial charge in [-0.05, 0) is 64.7 Å². The Bertz CT molecular complexity index is 1230. The van der Waals surface area contributed by atoms with Gasteiger partial charge in [-0.25, -0.2) is 5.48 Å². The molecule has 25 heteroatoms. The lowest BCUT2D eigenvalue weighted by Crippen LogP contribution is -2.43. The first kappa shape index (κ1) is 59.4. The van der Waals surface area contributed by atoms with Crippen LogP contribution in [0.5, 0.6) is 0 Å². The number of aliphatic hydroxyl groups is 2. The lowest BCUT2D eigenvalue weighted by molar-refractivity contribution is -0.144. The van der Waals surface area contributed by atoms with E-state index in [1.807, 2.05) is 6.92 Å². The Kier molecular flexibility index (Phi) is 31.7. The zero-order valence-corrected chi connectivity index (χ0v) is 37.1. The first-order valence-electron chi connectivity index (χ1n) is 20.1. The highest BCUT2D eigenvalue weighted by atomic mass is 28.4. The van der Waals surface area contributed by atoms with E-state index in [4.69, 9.17) is 60.0 Å². The number of rotatable bonds is 35. The number of aliphatic hydroxyl groups excluding tert-OH is 2. The predicted octanol–water partition coefficient (Wildman–Crippen LogP) is -3.21. The number of hydrogen-bond donors (Lipinski definition) is 16. The fourth-order valence-electron chi connectivity index (χ4n) is 6.01. The number of amides is 3. The largest absolute Gasteiger partial charge is 0.492 e. The van der Waals surface area contributed by atoms with E-state index in [1.165, 1.54) is 0 Å². The number of carbonyl (C=O) groups excluding carboxylic acids is 3. The summed E-state index contributed by atoms with van der Waals surface area (Å²) < 4.78 is 10.4. The summed E-state index contributed by atoms with van der Waals surface area (Å²) in [5.74, 6) is -7.17. The van der Waals surface area contributed by atoms with Crippen LogP contribution in [0.4, 0.5) is 0 Å². The van der Waals surface area contributed by atoms with E-state index in [9.17, 15) is 39.3 Å². The van der Waals surface area contributed by atoms with Gasteiger partial charge in [-0.1, -0.05) is 20.8 Å². The SMILES string of the molecule is CCC(CC(CC(C)NCC(O)COCCC[Si](O)(O)O)C(N)=O)C(=O)O.CCC(CC(CC(CC(C)C(=O)NO)NCC(O)COCCC[Si](O)(O)O)C(N)=O)C(=O)O. The van der Waals surface area contributed by atoms with Crippen LogP contribution in [-0.4, -0.2) is 165 Å². The molecule has 0 fully saturated rings. The van der Waals surface area contributed by atoms with E-state index in [-0.39, 0.29) is 96.2 Å². The van der Waals surface area contributed by atoms with E-state index < -0.39 is 95.1 Å². The second-order valence-corrected chi connectivity index (χ2v) is 19.4. The highest BCUT2D eigenvalue weighted by Crippen LogP contribution is 2.23. The molecule has 0 saturated heterocycles. The Morgan fingerprint density at radius 3 is 1.37 bits per heavy atom. The molecule has 0 aliphatic carbocycles. The van der Waals surface area contributed by atoms with Gasteiger partial charge in [-0.3, -0.25) is 29.2 Å². The van der Waals surface area contributed by atoms with Crippen LogP contribution in [0.25, 0.3) is 0 Å². The zero-order chi connectivity index (χ0) is 46.6. The number of ether oxygens (including phenoxy) is 2. The Morgan fingerprint density at radius 2 is 1.02 bits per heavy atom. The summed E-state index contributed by atoms with van der Waals surface area (Å²) in [5, 5.41) is 53.4. The minimum atomic E-state index is -4.12. The molecule has 0 aromatic heterocycles. The molecule has 0 rings (SSSR count). The second-order valence-electron chi connectivity index (χ2n) is 15.3. The molecule has 0 aromatic rings. The van der Waals surface area contributed by atoms with E-state index in [0.717, 1.165) is 0 Å². The van der Waals surface area contributed by atoms with Gasteiger partial charge in [-0.2, -0.15) is 0 Å². The third-order valence-corrected chi connectivity index (χ3v) is 11.6. The van der Waals surface area contributed by atoms with Crippen molar-refractivity contribution in [1.82, 2.24) is 16.1 Å². The van der Waals surface area contributed by atoms with Crippen molar-refractivity contribution in [3.63, 3.8) is 0 Å². The Hall–Kier alpha value is -2.74. The third kappa shape index (κ3) is 32.0. The molecular weight excluding hydrogens is 835 g/mol. The monoisotopic (exact) mass is 907 g/mol. The standard InChI is InChI=1S/C19H39N3O10Si.C16H34N2O8Si/c1-3-13(19(26)27)8-14(17(20)24)9-15(7-12(2)18(25)22-28)21-10-16(23)11-32-5-4-6-33(29,30)31;1-3-12(16(21)22)8-13(15(17)20)7-11(2)18-9-14(19)10-26-5-4-6-27(23,24)25/h12-16,21,23,28-31H,3-11H2,1-2H3,(H2,20,24)(H,22,25)(H,26,27);11-14,18-19,23-25H,3-10H2,1-2H3,(H2,17,20)(H,21,22). The number of carboxylic acids is 2. The molecule has 354 valence electrons. The normalized spacial score (nSPS) is 16.5. The number of hydroxylamine groups is 1. The molecule has 23 nitrogen and oxygen atoms in total. The molecule has 3 amide bonds. The third-order valence-electron chi connectivity index (χ3n) is 9.60. The molecule has 0 aliphatic heterocycles. The minimum absolute atomic E-state index is 0.0262. The predicted molar refractivity (Wildman–Crippen MR) is 217 cm³/mol. The van der Waals surface area contributed by atoms with Crippen LogP contribution in [0.15, 0.2) is 0 Å². The smallest absolute Gasteiger partial charge is 0.481 e. The van der Waals surface area contributed by atoms with Crippen molar-refractivity contribution in [2.75, 3.05) is 39.5 Å². The lowest BCUT2D eigenvalue weighted by Gasteiger charge is -2.27. The van der Waals surface area contributed by atoms with Gasteiger partial charge in [0.15, 0.2) is 0 Å². The van der Waals surface area contributed by atoms with Gasteiger partial charge in [0.1, 0.15) is 0 Å². The van der Waals surface area contributed by atoms with Crippen molar-refractivity contribution in [3.8, 4) is 0 Å². The quantitative estimate of drug-likeness (QED) is 0.0129. The Morgan fingerprint density at radius 1 is 0.617 bits per heavy atom. The molecule has 0 saturated carbocycles. The lowest BCUT2D eigenvalue weighted by atomic mass is 9.85. The van der Waals surface area contributed by atoms with Crippen LogP contribution in [0, 0.1) is 29.6 Å². The van der Waals surface area contributed by atoms with E-state index in [2.05, 4.69) is 10.6 Å². The summed E-state index contributed by atoms with van der Waals surface area (Å²) >= 11 is 0. The highest BCUT2D eigenvalue weighted by Gasteiger charge is 2.30. The van der Waals surface area contributed by atoms with Gasteiger partial charge in [0.05, 0.1) is 37.3 Å². The molecule has 0 aliphatic rings. The molecule has 0 bridgehead atoms. The van der Waals surface area contributed by atoms with Crippen molar-refractivity contribution in [3.05, 3.63) is 0 Å². The molecule has 9 atom stereocenters. The van der Waals surface area contributed by atoms with E-state index >= 15 is 0 Å². The first-order valence-corrected chi connectivity index (χ1v) is 24.2. The Labute approximate surface area is 353 Å². The number of carbonyl (C=O) groups is 5. The highest BCUT2D eigenvalue weighted by molar-refractivity contribution is 6.56. The number of nitrogens with two attached hydrogens (primary N) is 2. The van der Waals surface area contributed by atoms with E-state index in [0.29, 0.717) is 19.3 Å². The van der Waals surface area contributed by atoms with Crippen molar-refractivity contribution < 1.29 is 87.9 Å². The van der Waals surface area contributed by atoms with Crippen LogP contribution < -0.4 is 27.6 Å². The second kappa shape index (κ2) is 32.0. The van der Waals surface area contributed by atoms with Gasteiger partial charge in [-0.15, -0.1) is 0 Å². The maximum atomic E-state index is 12.0. The minimum Gasteiger partial charge on any atom is -0.481 e. The average Bonchev–Trinajstić information content (AvgIpc) is 3.14. The average molecular weight is 908 g/mol. The van der Waals surface area contributed by atoms with Crippen molar-refractivity contribution in [1.29, 1.82) is 0 Å². The van der Waals surface area contributed by atoms with Gasteiger partial charge < -0.3 is 80.8 Å². The number of aliphatic carboxylic acids is 2. The summed E-state index contributed by atoms with van der Waals surface area (Å²) in [6, 6.07) is -0.964. The molecule has 0 spiro atoms. The first-order chi connectivity index (χ1) is 27.8. The van der Waals surface area contributed by atoms with Crippen molar-refractivity contribution in [2.24, 2.45) is 41.1 Å². The summed E-state index contributed by atoms with van der Waals surface area (Å²) in [4.78, 5) is 111. The molecule has 9 unspecified atom stereocenters. The fraction of sp³-hybridized carbons (Fsp3) is 0.857. The van der Waals surface area contributed by atoms with Gasteiger partial charge in [0, 0.05) is 68.2 Å². The summed E-state index contributed by atoms with van der Waals surface area (Å²) in [5.41, 5.74) is 12.4. The molecule has 0 radical (unpaired) electrons. The Balaban J connectivity index is 0. The molecule has 0 heterocycles. The molecule has 0 aromatic carbocycles. The summed E-state index contributed by atoms with van der Waals surface area (Å²) in [6.07, 6.45) is 0.347. The summed E-state index contributed by atoms with van der Waals surface area (Å²) in [6.45, 7) is 7.30.